The van der Waals surface area contributed by atoms with Gasteiger partial charge in [0.05, 0.1) is 0 Å². The van der Waals surface area contributed by atoms with Crippen LogP contribution in [-0.2, 0) is 10.8 Å². The highest BCUT2D eigenvalue weighted by molar-refractivity contribution is 8.13. The van der Waals surface area contributed by atoms with Gasteiger partial charge in [0.1, 0.15) is 0 Å². The monoisotopic (exact) mass is 248 g/mol. The maximum absolute atomic E-state index is 11.0. The lowest BCUT2D eigenvalue weighted by Gasteiger charge is -2.28. The molecule has 0 radical (unpaired) electrons. The van der Waals surface area contributed by atoms with E-state index in [-0.39, 0.29) is 6.04 Å². The largest absolute Gasteiger partial charge is 0.362 e. The molecule has 5 heteroatoms. The molecular weight excluding hydrogens is 228 g/mol. The lowest BCUT2D eigenvalue weighted by molar-refractivity contribution is 0.436. The molecule has 1 N–H and O–H groups in total. The number of aliphatic imine (C=N–C) groups is 1. The predicted octanol–water partition coefficient (Wildman–Crippen LogP) is 1.47. The number of amidine groups is 1. The molecule has 2 unspecified atom stereocenters. The van der Waals surface area contributed by atoms with E-state index in [0.29, 0.717) is 11.2 Å². The van der Waals surface area contributed by atoms with Crippen LogP contribution in [0.1, 0.15) is 20.8 Å². The van der Waals surface area contributed by atoms with Crippen molar-refractivity contribution in [2.24, 2.45) is 10.4 Å². The summed E-state index contributed by atoms with van der Waals surface area (Å²) >= 11 is 1.77. The first-order valence-electron chi connectivity index (χ1n) is 5.13. The number of rotatable bonds is 3. The van der Waals surface area contributed by atoms with Gasteiger partial charge in [0.2, 0.25) is 0 Å². The molecule has 1 heterocycles. The third-order valence-corrected chi connectivity index (χ3v) is 4.52. The first-order chi connectivity index (χ1) is 6.89. The van der Waals surface area contributed by atoms with Gasteiger partial charge in [-0.15, -0.1) is 0 Å². The summed E-state index contributed by atoms with van der Waals surface area (Å²) in [6, 6.07) is 0.239. The highest BCUT2D eigenvalue weighted by atomic mass is 32.2. The van der Waals surface area contributed by atoms with Gasteiger partial charge in [-0.2, -0.15) is 0 Å². The fourth-order valence-corrected chi connectivity index (χ4v) is 3.18. The Labute approximate surface area is 99.0 Å². The number of thioether (sulfide) groups is 1. The molecule has 0 aliphatic carbocycles. The van der Waals surface area contributed by atoms with Gasteiger partial charge in [0, 0.05) is 41.1 Å². The third kappa shape index (κ3) is 5.02. The van der Waals surface area contributed by atoms with Crippen LogP contribution in [0.2, 0.25) is 0 Å². The van der Waals surface area contributed by atoms with E-state index in [1.165, 1.54) is 0 Å². The first-order valence-corrected chi connectivity index (χ1v) is 7.84. The van der Waals surface area contributed by atoms with E-state index in [2.05, 4.69) is 24.2 Å². The molecule has 3 nitrogen and oxygen atoms in total. The summed E-state index contributed by atoms with van der Waals surface area (Å²) in [5.41, 5.74) is 0.312. The number of nitrogens with zero attached hydrogens (tertiary/aromatic N) is 1. The summed E-state index contributed by atoms with van der Waals surface area (Å²) < 4.78 is 11.0. The van der Waals surface area contributed by atoms with Crippen LogP contribution in [0.4, 0.5) is 0 Å². The SMILES string of the molecule is CC(CS(C)=O)NC1=NCC(C)(C)CS1. The minimum absolute atomic E-state index is 0.239. The topological polar surface area (TPSA) is 41.5 Å². The maximum atomic E-state index is 11.0. The van der Waals surface area contributed by atoms with Crippen LogP contribution in [0, 0.1) is 5.41 Å². The molecule has 15 heavy (non-hydrogen) atoms. The first kappa shape index (κ1) is 13.0. The van der Waals surface area contributed by atoms with Crippen molar-refractivity contribution in [3.63, 3.8) is 0 Å². The smallest absolute Gasteiger partial charge is 0.156 e. The molecule has 0 saturated carbocycles. The molecule has 0 fully saturated rings. The minimum Gasteiger partial charge on any atom is -0.362 e. The van der Waals surface area contributed by atoms with Gasteiger partial charge in [0.15, 0.2) is 5.17 Å². The normalized spacial score (nSPS) is 24.1. The fourth-order valence-electron chi connectivity index (χ4n) is 1.33. The highest BCUT2D eigenvalue weighted by Gasteiger charge is 2.23. The van der Waals surface area contributed by atoms with Crippen LogP contribution in [-0.4, -0.2) is 39.7 Å². The Morgan fingerprint density at radius 3 is 2.80 bits per heavy atom. The van der Waals surface area contributed by atoms with Crippen molar-refractivity contribution in [1.82, 2.24) is 5.32 Å². The summed E-state index contributed by atoms with van der Waals surface area (Å²) in [7, 11) is -0.742. The Balaban J connectivity index is 2.40. The molecule has 0 aromatic carbocycles. The second-order valence-corrected chi connectivity index (χ2v) is 7.30. The van der Waals surface area contributed by atoms with Crippen molar-refractivity contribution in [2.75, 3.05) is 24.3 Å². The second kappa shape index (κ2) is 5.34. The standard InChI is InChI=1S/C10H20N2OS2/c1-8(5-15(4)13)12-9-11-6-10(2,3)7-14-9/h8H,5-7H2,1-4H3,(H,11,12). The van der Waals surface area contributed by atoms with Crippen molar-refractivity contribution >= 4 is 27.7 Å². The van der Waals surface area contributed by atoms with Gasteiger partial charge in [0.25, 0.3) is 0 Å². The van der Waals surface area contributed by atoms with E-state index in [4.69, 9.17) is 0 Å². The molecule has 0 bridgehead atoms. The van der Waals surface area contributed by atoms with Crippen LogP contribution >= 0.6 is 11.8 Å². The molecule has 0 spiro atoms. The van der Waals surface area contributed by atoms with E-state index < -0.39 is 10.8 Å². The van der Waals surface area contributed by atoms with E-state index in [9.17, 15) is 4.21 Å². The molecule has 2 atom stereocenters. The highest BCUT2D eigenvalue weighted by Crippen LogP contribution is 2.27. The average Bonchev–Trinajstić information content (AvgIpc) is 2.07. The summed E-state index contributed by atoms with van der Waals surface area (Å²) in [5, 5.41) is 4.31. The summed E-state index contributed by atoms with van der Waals surface area (Å²) in [4.78, 5) is 4.50. The van der Waals surface area contributed by atoms with Crippen molar-refractivity contribution in [1.29, 1.82) is 0 Å². The maximum Gasteiger partial charge on any atom is 0.156 e. The van der Waals surface area contributed by atoms with E-state index >= 15 is 0 Å². The van der Waals surface area contributed by atoms with Gasteiger partial charge < -0.3 is 5.32 Å². The molecule has 1 aliphatic rings. The molecule has 88 valence electrons. The minimum atomic E-state index is -0.742. The van der Waals surface area contributed by atoms with Crippen LogP contribution in [0.3, 0.4) is 0 Å². The Morgan fingerprint density at radius 1 is 1.67 bits per heavy atom. The molecule has 0 aromatic rings. The Bertz CT molecular complexity index is 277. The van der Waals surface area contributed by atoms with Crippen LogP contribution in [0.25, 0.3) is 0 Å². The number of hydrogen-bond acceptors (Lipinski definition) is 4. The van der Waals surface area contributed by atoms with E-state index in [0.717, 1.165) is 17.5 Å². The van der Waals surface area contributed by atoms with Crippen LogP contribution in [0.15, 0.2) is 4.99 Å². The zero-order valence-electron chi connectivity index (χ0n) is 9.87. The van der Waals surface area contributed by atoms with E-state index in [1.54, 1.807) is 18.0 Å². The van der Waals surface area contributed by atoms with E-state index in [1.807, 2.05) is 6.92 Å². The van der Waals surface area contributed by atoms with Gasteiger partial charge >= 0.3 is 0 Å². The molecule has 1 aliphatic heterocycles. The predicted molar refractivity (Wildman–Crippen MR) is 70.1 cm³/mol. The second-order valence-electron chi connectivity index (χ2n) is 4.86. The molecule has 0 aromatic heterocycles. The average molecular weight is 248 g/mol. The zero-order chi connectivity index (χ0) is 11.5. The number of nitrogens with one attached hydrogen (secondary N) is 1. The molecule has 0 saturated heterocycles. The molecule has 1 rings (SSSR count). The lowest BCUT2D eigenvalue weighted by Crippen LogP contribution is -2.38. The quantitative estimate of drug-likeness (QED) is 0.822. The van der Waals surface area contributed by atoms with Gasteiger partial charge in [-0.05, 0) is 12.3 Å². The van der Waals surface area contributed by atoms with Crippen molar-refractivity contribution in [2.45, 2.75) is 26.8 Å². The fraction of sp³-hybridized carbons (Fsp3) is 0.900. The number of hydrogen-bond donors (Lipinski definition) is 1. The van der Waals surface area contributed by atoms with Gasteiger partial charge in [-0.25, -0.2) is 0 Å². The third-order valence-electron chi connectivity index (χ3n) is 2.10. The molecular formula is C10H20N2OS2. The van der Waals surface area contributed by atoms with Crippen molar-refractivity contribution in [3.05, 3.63) is 0 Å². The summed E-state index contributed by atoms with van der Waals surface area (Å²) in [6.07, 6.45) is 1.73. The summed E-state index contributed by atoms with van der Waals surface area (Å²) in [5.74, 6) is 1.78. The van der Waals surface area contributed by atoms with Crippen molar-refractivity contribution in [3.8, 4) is 0 Å². The van der Waals surface area contributed by atoms with Gasteiger partial charge in [-0.1, -0.05) is 25.6 Å². The van der Waals surface area contributed by atoms with Crippen LogP contribution in [0.5, 0.6) is 0 Å². The van der Waals surface area contributed by atoms with Crippen LogP contribution < -0.4 is 5.32 Å². The van der Waals surface area contributed by atoms with Gasteiger partial charge in [-0.3, -0.25) is 9.20 Å². The summed E-state index contributed by atoms with van der Waals surface area (Å²) in [6.45, 7) is 7.38. The Kier molecular flexibility index (Phi) is 4.64. The zero-order valence-corrected chi connectivity index (χ0v) is 11.5. The Hall–Kier alpha value is -0.0300. The molecule has 0 amide bonds. The Morgan fingerprint density at radius 2 is 2.33 bits per heavy atom. The lowest BCUT2D eigenvalue weighted by atomic mass is 9.97. The van der Waals surface area contributed by atoms with Crippen molar-refractivity contribution < 1.29 is 4.21 Å².